The van der Waals surface area contributed by atoms with Gasteiger partial charge in [-0.3, -0.25) is 4.79 Å². The van der Waals surface area contributed by atoms with Crippen molar-refractivity contribution in [3.8, 4) is 0 Å². The van der Waals surface area contributed by atoms with Gasteiger partial charge in [0, 0.05) is 41.9 Å². The van der Waals surface area contributed by atoms with Crippen LogP contribution in [0.5, 0.6) is 0 Å². The Morgan fingerprint density at radius 1 is 1.21 bits per heavy atom. The van der Waals surface area contributed by atoms with Gasteiger partial charge in [-0.2, -0.15) is 0 Å². The average Bonchev–Trinajstić information content (AvgIpc) is 3.14. The van der Waals surface area contributed by atoms with Gasteiger partial charge in [-0.25, -0.2) is 0 Å². The Kier molecular flexibility index (Phi) is 7.17. The lowest BCUT2D eigenvalue weighted by molar-refractivity contribution is -0.116. The van der Waals surface area contributed by atoms with Crippen LogP contribution in [-0.4, -0.2) is 43.2 Å². The molecule has 1 aromatic carbocycles. The van der Waals surface area contributed by atoms with Gasteiger partial charge < -0.3 is 15.0 Å². The van der Waals surface area contributed by atoms with E-state index in [4.69, 9.17) is 4.74 Å². The summed E-state index contributed by atoms with van der Waals surface area (Å²) in [5.74, 6) is 1.42. The highest BCUT2D eigenvalue weighted by atomic mass is 33.1. The molecule has 0 spiro atoms. The number of amides is 1. The molecule has 2 saturated heterocycles. The van der Waals surface area contributed by atoms with E-state index in [1.54, 1.807) is 0 Å². The third-order valence-electron chi connectivity index (χ3n) is 4.43. The fourth-order valence-electron chi connectivity index (χ4n) is 3.02. The first-order valence-corrected chi connectivity index (χ1v) is 11.2. The van der Waals surface area contributed by atoms with Crippen LogP contribution in [0.4, 0.5) is 11.4 Å². The summed E-state index contributed by atoms with van der Waals surface area (Å²) >= 11 is 0. The van der Waals surface area contributed by atoms with Crippen LogP contribution >= 0.6 is 21.6 Å². The summed E-state index contributed by atoms with van der Waals surface area (Å²) in [6.45, 7) is 3.44. The lowest BCUT2D eigenvalue weighted by Crippen LogP contribution is -2.36. The summed E-state index contributed by atoms with van der Waals surface area (Å²) in [5.41, 5.74) is 2.09. The maximum atomic E-state index is 12.0. The molecular weight excluding hydrogens is 340 g/mol. The molecule has 0 radical (unpaired) electrons. The second-order valence-corrected chi connectivity index (χ2v) is 9.06. The Balaban J connectivity index is 1.36. The summed E-state index contributed by atoms with van der Waals surface area (Å²) in [6.07, 6.45) is 5.34. The van der Waals surface area contributed by atoms with Gasteiger partial charge in [0.05, 0.1) is 13.2 Å². The molecule has 1 amide bonds. The molecule has 2 fully saturated rings. The normalized spacial score (nSPS) is 21.0. The van der Waals surface area contributed by atoms with E-state index in [2.05, 4.69) is 22.3 Å². The highest BCUT2D eigenvalue weighted by Crippen LogP contribution is 2.39. The third-order valence-corrected chi connectivity index (χ3v) is 7.44. The molecule has 132 valence electrons. The van der Waals surface area contributed by atoms with E-state index in [0.29, 0.717) is 6.42 Å². The van der Waals surface area contributed by atoms with Crippen LogP contribution in [0, 0.1) is 0 Å². The van der Waals surface area contributed by atoms with Crippen molar-refractivity contribution in [2.75, 3.05) is 42.3 Å². The van der Waals surface area contributed by atoms with Crippen LogP contribution in [0.25, 0.3) is 0 Å². The van der Waals surface area contributed by atoms with E-state index >= 15 is 0 Å². The number of hydrogen-bond donors (Lipinski definition) is 1. The summed E-state index contributed by atoms with van der Waals surface area (Å²) < 4.78 is 5.38. The molecule has 0 bridgehead atoms. The Morgan fingerprint density at radius 3 is 2.71 bits per heavy atom. The number of carbonyl (C=O) groups is 1. The molecule has 2 aliphatic rings. The van der Waals surface area contributed by atoms with Crippen molar-refractivity contribution in [3.63, 3.8) is 0 Å². The monoisotopic (exact) mass is 366 g/mol. The Morgan fingerprint density at radius 2 is 2.00 bits per heavy atom. The SMILES string of the molecule is O=C(CCCCC1CCSS1)Nc1ccc(N2CCOCC2)cc1. The number of rotatable bonds is 7. The summed E-state index contributed by atoms with van der Waals surface area (Å²) in [4.78, 5) is 14.4. The fourth-order valence-corrected chi connectivity index (χ4v) is 6.05. The van der Waals surface area contributed by atoms with Gasteiger partial charge in [-0.05, 0) is 43.5 Å². The van der Waals surface area contributed by atoms with Crippen molar-refractivity contribution < 1.29 is 9.53 Å². The number of ether oxygens (including phenoxy) is 1. The predicted molar refractivity (Wildman–Crippen MR) is 105 cm³/mol. The number of morpholine rings is 1. The van der Waals surface area contributed by atoms with Gasteiger partial charge in [0.1, 0.15) is 0 Å². The predicted octanol–water partition coefficient (Wildman–Crippen LogP) is 4.18. The van der Waals surface area contributed by atoms with E-state index in [9.17, 15) is 4.79 Å². The lowest BCUT2D eigenvalue weighted by atomic mass is 10.1. The second-order valence-electron chi connectivity index (χ2n) is 6.27. The van der Waals surface area contributed by atoms with E-state index in [-0.39, 0.29) is 5.91 Å². The maximum Gasteiger partial charge on any atom is 0.224 e. The molecule has 0 aromatic heterocycles. The van der Waals surface area contributed by atoms with Crippen molar-refractivity contribution in [2.24, 2.45) is 0 Å². The average molecular weight is 367 g/mol. The highest BCUT2D eigenvalue weighted by molar-refractivity contribution is 8.77. The quantitative estimate of drug-likeness (QED) is 0.579. The van der Waals surface area contributed by atoms with Crippen molar-refractivity contribution in [1.29, 1.82) is 0 Å². The van der Waals surface area contributed by atoms with Crippen LogP contribution in [0.3, 0.4) is 0 Å². The standard InChI is InChI=1S/C18H26N2O2S2/c21-18(4-2-1-3-17-9-14-23-24-17)19-15-5-7-16(8-6-15)20-10-12-22-13-11-20/h5-8,17H,1-4,9-14H2,(H,19,21). The van der Waals surface area contributed by atoms with Crippen LogP contribution in [-0.2, 0) is 9.53 Å². The molecule has 1 unspecified atom stereocenters. The van der Waals surface area contributed by atoms with E-state index in [1.165, 1.54) is 24.3 Å². The van der Waals surface area contributed by atoms with Gasteiger partial charge in [0.2, 0.25) is 5.91 Å². The Bertz CT molecular complexity index is 512. The fraction of sp³-hybridized carbons (Fsp3) is 0.611. The number of nitrogens with one attached hydrogen (secondary N) is 1. The smallest absolute Gasteiger partial charge is 0.224 e. The van der Waals surface area contributed by atoms with Gasteiger partial charge >= 0.3 is 0 Å². The first-order valence-electron chi connectivity index (χ1n) is 8.82. The lowest BCUT2D eigenvalue weighted by Gasteiger charge is -2.28. The topological polar surface area (TPSA) is 41.6 Å². The molecule has 1 N–H and O–H groups in total. The first kappa shape index (κ1) is 18.0. The molecular formula is C18H26N2O2S2. The number of unbranched alkanes of at least 4 members (excludes halogenated alkanes) is 1. The molecule has 24 heavy (non-hydrogen) atoms. The zero-order chi connectivity index (χ0) is 16.6. The number of benzene rings is 1. The molecule has 1 aromatic rings. The van der Waals surface area contributed by atoms with Crippen molar-refractivity contribution in [1.82, 2.24) is 0 Å². The zero-order valence-corrected chi connectivity index (χ0v) is 15.7. The largest absolute Gasteiger partial charge is 0.378 e. The minimum atomic E-state index is 0.127. The van der Waals surface area contributed by atoms with Crippen LogP contribution < -0.4 is 10.2 Å². The molecule has 2 aliphatic heterocycles. The minimum Gasteiger partial charge on any atom is -0.378 e. The number of carbonyl (C=O) groups excluding carboxylic acids is 1. The summed E-state index contributed by atoms with van der Waals surface area (Å²) in [6, 6.07) is 8.15. The number of nitrogens with zero attached hydrogens (tertiary/aromatic N) is 1. The number of anilines is 2. The molecule has 0 aliphatic carbocycles. The molecule has 1 atom stereocenters. The highest BCUT2D eigenvalue weighted by Gasteiger charge is 2.16. The molecule has 0 saturated carbocycles. The van der Waals surface area contributed by atoms with Gasteiger partial charge in [-0.15, -0.1) is 0 Å². The maximum absolute atomic E-state index is 12.0. The van der Waals surface area contributed by atoms with Gasteiger partial charge in [0.25, 0.3) is 0 Å². The molecule has 3 rings (SSSR count). The van der Waals surface area contributed by atoms with Crippen LogP contribution in [0.15, 0.2) is 24.3 Å². The Labute approximate surface area is 152 Å². The van der Waals surface area contributed by atoms with E-state index in [1.807, 2.05) is 33.7 Å². The molecule has 2 heterocycles. The second kappa shape index (κ2) is 9.59. The van der Waals surface area contributed by atoms with Crippen LogP contribution in [0.1, 0.15) is 32.1 Å². The summed E-state index contributed by atoms with van der Waals surface area (Å²) in [7, 11) is 4.01. The minimum absolute atomic E-state index is 0.127. The van der Waals surface area contributed by atoms with Crippen LogP contribution in [0.2, 0.25) is 0 Å². The van der Waals surface area contributed by atoms with Crippen molar-refractivity contribution in [3.05, 3.63) is 24.3 Å². The molecule has 6 heteroatoms. The molecule has 4 nitrogen and oxygen atoms in total. The van der Waals surface area contributed by atoms with Gasteiger partial charge in [0.15, 0.2) is 0 Å². The summed E-state index contributed by atoms with van der Waals surface area (Å²) in [5, 5.41) is 3.82. The van der Waals surface area contributed by atoms with E-state index < -0.39 is 0 Å². The van der Waals surface area contributed by atoms with Crippen molar-refractivity contribution in [2.45, 2.75) is 37.4 Å². The zero-order valence-electron chi connectivity index (χ0n) is 14.0. The van der Waals surface area contributed by atoms with E-state index in [0.717, 1.165) is 50.1 Å². The third kappa shape index (κ3) is 5.60. The number of hydrogen-bond acceptors (Lipinski definition) is 5. The van der Waals surface area contributed by atoms with Crippen molar-refractivity contribution >= 4 is 38.9 Å². The van der Waals surface area contributed by atoms with Gasteiger partial charge in [-0.1, -0.05) is 28.0 Å². The first-order chi connectivity index (χ1) is 11.8. The Hall–Kier alpha value is -0.850.